The van der Waals surface area contributed by atoms with Gasteiger partial charge in [-0.15, -0.1) is 0 Å². The first-order valence-electron chi connectivity index (χ1n) is 7.66. The van der Waals surface area contributed by atoms with Crippen LogP contribution in [-0.4, -0.2) is 48.3 Å². The van der Waals surface area contributed by atoms with Gasteiger partial charge in [0.2, 0.25) is 0 Å². The monoisotopic (exact) mass is 254 g/mol. The minimum atomic E-state index is 0.260. The van der Waals surface area contributed by atoms with Gasteiger partial charge in [-0.1, -0.05) is 6.92 Å². The van der Waals surface area contributed by atoms with Gasteiger partial charge < -0.3 is 10.1 Å². The lowest BCUT2D eigenvalue weighted by molar-refractivity contribution is -0.0693. The number of nitrogens with zero attached hydrogens (tertiary/aromatic N) is 1. The van der Waals surface area contributed by atoms with E-state index in [0.29, 0.717) is 18.2 Å². The molecule has 18 heavy (non-hydrogen) atoms. The first-order valence-corrected chi connectivity index (χ1v) is 7.66. The fourth-order valence-electron chi connectivity index (χ4n) is 3.17. The number of ether oxygens (including phenoxy) is 1. The molecular weight excluding hydrogens is 224 g/mol. The molecular formula is C15H30N2O. The van der Waals surface area contributed by atoms with Gasteiger partial charge in [-0.2, -0.15) is 0 Å². The van der Waals surface area contributed by atoms with Crippen LogP contribution in [0.3, 0.4) is 0 Å². The Morgan fingerprint density at radius 1 is 1.39 bits per heavy atom. The Labute approximate surface area is 112 Å². The van der Waals surface area contributed by atoms with E-state index in [-0.39, 0.29) is 5.54 Å². The van der Waals surface area contributed by atoms with Crippen LogP contribution >= 0.6 is 0 Å². The van der Waals surface area contributed by atoms with E-state index in [2.05, 4.69) is 37.9 Å². The van der Waals surface area contributed by atoms with E-state index >= 15 is 0 Å². The molecule has 0 radical (unpaired) electrons. The Hall–Kier alpha value is -0.120. The van der Waals surface area contributed by atoms with E-state index in [9.17, 15) is 0 Å². The lowest BCUT2D eigenvalue weighted by atomic mass is 10.0. The minimum absolute atomic E-state index is 0.260. The second kappa shape index (κ2) is 5.89. The maximum atomic E-state index is 5.89. The largest absolute Gasteiger partial charge is 0.375 e. The molecule has 2 fully saturated rings. The standard InChI is InChI=1S/C15H30N2O/c1-5-15(3,4)16-11-12(2)17-9-10-18-14-8-6-7-13(14)17/h12-14,16H,5-11H2,1-4H3. The van der Waals surface area contributed by atoms with Crippen molar-refractivity contribution in [2.24, 2.45) is 0 Å². The molecule has 1 saturated carbocycles. The van der Waals surface area contributed by atoms with Crippen molar-refractivity contribution in [2.75, 3.05) is 19.7 Å². The lowest BCUT2D eigenvalue weighted by Gasteiger charge is -2.42. The van der Waals surface area contributed by atoms with Crippen molar-refractivity contribution in [1.82, 2.24) is 10.2 Å². The van der Waals surface area contributed by atoms with Crippen molar-refractivity contribution < 1.29 is 4.74 Å². The molecule has 1 heterocycles. The topological polar surface area (TPSA) is 24.5 Å². The van der Waals surface area contributed by atoms with Crippen LogP contribution in [0.15, 0.2) is 0 Å². The van der Waals surface area contributed by atoms with Crippen molar-refractivity contribution in [3.05, 3.63) is 0 Å². The van der Waals surface area contributed by atoms with Gasteiger partial charge >= 0.3 is 0 Å². The highest BCUT2D eigenvalue weighted by Crippen LogP contribution is 2.30. The molecule has 106 valence electrons. The van der Waals surface area contributed by atoms with Crippen LogP contribution in [0.1, 0.15) is 53.4 Å². The maximum Gasteiger partial charge on any atom is 0.0731 e. The Morgan fingerprint density at radius 3 is 2.89 bits per heavy atom. The van der Waals surface area contributed by atoms with Crippen molar-refractivity contribution in [3.63, 3.8) is 0 Å². The molecule has 0 aromatic carbocycles. The van der Waals surface area contributed by atoms with Crippen molar-refractivity contribution in [2.45, 2.75) is 77.1 Å². The van der Waals surface area contributed by atoms with Gasteiger partial charge in [0.15, 0.2) is 0 Å². The second-order valence-electron chi connectivity index (χ2n) is 6.61. The van der Waals surface area contributed by atoms with Gasteiger partial charge in [0.1, 0.15) is 0 Å². The number of hydrogen-bond donors (Lipinski definition) is 1. The summed E-state index contributed by atoms with van der Waals surface area (Å²) in [6.45, 7) is 12.3. The van der Waals surface area contributed by atoms with E-state index in [1.807, 2.05) is 0 Å². The van der Waals surface area contributed by atoms with Gasteiger partial charge in [0.25, 0.3) is 0 Å². The maximum absolute atomic E-state index is 5.89. The highest BCUT2D eigenvalue weighted by atomic mass is 16.5. The number of nitrogens with one attached hydrogen (secondary N) is 1. The van der Waals surface area contributed by atoms with Crippen molar-refractivity contribution in [3.8, 4) is 0 Å². The van der Waals surface area contributed by atoms with Gasteiger partial charge in [-0.05, 0) is 46.5 Å². The fourth-order valence-corrected chi connectivity index (χ4v) is 3.17. The van der Waals surface area contributed by atoms with Crippen LogP contribution in [0.4, 0.5) is 0 Å². The molecule has 0 spiro atoms. The zero-order valence-corrected chi connectivity index (χ0v) is 12.5. The average Bonchev–Trinajstić information content (AvgIpc) is 2.84. The first-order chi connectivity index (χ1) is 8.53. The number of rotatable bonds is 5. The van der Waals surface area contributed by atoms with Crippen LogP contribution < -0.4 is 5.32 Å². The normalized spacial score (nSPS) is 31.3. The smallest absolute Gasteiger partial charge is 0.0731 e. The summed E-state index contributed by atoms with van der Waals surface area (Å²) in [4.78, 5) is 2.68. The molecule has 3 nitrogen and oxygen atoms in total. The highest BCUT2D eigenvalue weighted by molar-refractivity contribution is 4.92. The van der Waals surface area contributed by atoms with Gasteiger partial charge in [0, 0.05) is 30.7 Å². The summed E-state index contributed by atoms with van der Waals surface area (Å²) in [6, 6.07) is 1.30. The summed E-state index contributed by atoms with van der Waals surface area (Å²) in [6.07, 6.45) is 5.62. The van der Waals surface area contributed by atoms with Crippen LogP contribution in [-0.2, 0) is 4.74 Å². The first kappa shape index (κ1) is 14.3. The fraction of sp³-hybridized carbons (Fsp3) is 1.00. The Kier molecular flexibility index (Phi) is 4.68. The van der Waals surface area contributed by atoms with Crippen LogP contribution in [0.2, 0.25) is 0 Å². The minimum Gasteiger partial charge on any atom is -0.375 e. The highest BCUT2D eigenvalue weighted by Gasteiger charge is 2.37. The van der Waals surface area contributed by atoms with E-state index in [4.69, 9.17) is 4.74 Å². The SMILES string of the molecule is CCC(C)(C)NCC(C)N1CCOC2CCCC21. The quantitative estimate of drug-likeness (QED) is 0.815. The van der Waals surface area contributed by atoms with E-state index in [0.717, 1.165) is 19.7 Å². The molecule has 1 saturated heterocycles. The summed E-state index contributed by atoms with van der Waals surface area (Å²) in [5, 5.41) is 3.70. The molecule has 3 atom stereocenters. The van der Waals surface area contributed by atoms with Crippen molar-refractivity contribution in [1.29, 1.82) is 0 Å². The van der Waals surface area contributed by atoms with Crippen LogP contribution in [0, 0.1) is 0 Å². The molecule has 1 aliphatic carbocycles. The molecule has 3 heteroatoms. The van der Waals surface area contributed by atoms with Crippen LogP contribution in [0.5, 0.6) is 0 Å². The molecule has 2 rings (SSSR count). The third-order valence-electron chi connectivity index (χ3n) is 4.85. The lowest BCUT2D eigenvalue weighted by Crippen LogP contribution is -2.56. The number of hydrogen-bond acceptors (Lipinski definition) is 3. The molecule has 0 bridgehead atoms. The van der Waals surface area contributed by atoms with Gasteiger partial charge in [-0.3, -0.25) is 4.90 Å². The predicted octanol–water partition coefficient (Wildman–Crippen LogP) is 2.41. The van der Waals surface area contributed by atoms with Crippen molar-refractivity contribution >= 4 is 0 Å². The average molecular weight is 254 g/mol. The van der Waals surface area contributed by atoms with E-state index < -0.39 is 0 Å². The molecule has 1 aliphatic heterocycles. The third-order valence-corrected chi connectivity index (χ3v) is 4.85. The molecule has 1 N–H and O–H groups in total. The van der Waals surface area contributed by atoms with E-state index in [1.54, 1.807) is 0 Å². The Bertz CT molecular complexity index is 267. The summed E-state index contributed by atoms with van der Waals surface area (Å²) >= 11 is 0. The summed E-state index contributed by atoms with van der Waals surface area (Å²) in [5.41, 5.74) is 0.260. The molecule has 0 aromatic heterocycles. The summed E-state index contributed by atoms with van der Waals surface area (Å²) < 4.78 is 5.89. The van der Waals surface area contributed by atoms with E-state index in [1.165, 1.54) is 25.7 Å². The molecule has 3 unspecified atom stereocenters. The zero-order chi connectivity index (χ0) is 13.2. The van der Waals surface area contributed by atoms with Gasteiger partial charge in [0.05, 0.1) is 12.7 Å². The molecule has 2 aliphatic rings. The third kappa shape index (κ3) is 3.25. The number of morpholine rings is 1. The molecule has 0 aromatic rings. The Morgan fingerprint density at radius 2 is 2.17 bits per heavy atom. The van der Waals surface area contributed by atoms with Crippen LogP contribution in [0.25, 0.3) is 0 Å². The number of fused-ring (bicyclic) bond motifs is 1. The second-order valence-corrected chi connectivity index (χ2v) is 6.61. The summed E-state index contributed by atoms with van der Waals surface area (Å²) in [5.74, 6) is 0. The molecule has 0 amide bonds. The zero-order valence-electron chi connectivity index (χ0n) is 12.5. The van der Waals surface area contributed by atoms with Gasteiger partial charge in [-0.25, -0.2) is 0 Å². The Balaban J connectivity index is 1.86. The summed E-state index contributed by atoms with van der Waals surface area (Å²) in [7, 11) is 0. The predicted molar refractivity (Wildman–Crippen MR) is 75.9 cm³/mol.